The molecule has 0 bridgehead atoms. The van der Waals surface area contributed by atoms with Crippen LogP contribution >= 0.6 is 0 Å². The van der Waals surface area contributed by atoms with Gasteiger partial charge in [-0.05, 0) is 30.4 Å². The molecule has 2 amide bonds. The van der Waals surface area contributed by atoms with Crippen molar-refractivity contribution in [3.63, 3.8) is 0 Å². The van der Waals surface area contributed by atoms with Crippen LogP contribution in [0.15, 0.2) is 18.2 Å². The van der Waals surface area contributed by atoms with Crippen LogP contribution in [0.3, 0.4) is 0 Å². The van der Waals surface area contributed by atoms with Gasteiger partial charge in [0.2, 0.25) is 11.8 Å². The van der Waals surface area contributed by atoms with Gasteiger partial charge in [0.25, 0.3) is 0 Å². The lowest BCUT2D eigenvalue weighted by atomic mass is 10.0. The molecular weight excluding hydrogens is 300 g/mol. The van der Waals surface area contributed by atoms with Gasteiger partial charge < -0.3 is 10.2 Å². The van der Waals surface area contributed by atoms with Crippen molar-refractivity contribution in [2.75, 3.05) is 18.0 Å². The third kappa shape index (κ3) is 4.16. The van der Waals surface area contributed by atoms with Crippen molar-refractivity contribution in [3.05, 3.63) is 29.3 Å². The first-order valence-corrected chi connectivity index (χ1v) is 9.31. The molecule has 132 valence electrons. The number of nitrogens with one attached hydrogen (secondary N) is 1. The van der Waals surface area contributed by atoms with Gasteiger partial charge in [-0.3, -0.25) is 9.59 Å². The number of carbonyl (C=O) groups is 2. The van der Waals surface area contributed by atoms with Crippen LogP contribution in [0.1, 0.15) is 57.6 Å². The number of rotatable bonds is 8. The standard InChI is InChI=1S/C20H30N2O2/c1-4-7-8-12-21-20(24)17-13-18(23)22(14-17)19-15(5-2)10-9-11-16(19)6-3/h9-11,17H,4-8,12-14H2,1-3H3,(H,21,24). The van der Waals surface area contributed by atoms with Gasteiger partial charge in [0.05, 0.1) is 5.92 Å². The third-order valence-electron chi connectivity index (χ3n) is 4.81. The first kappa shape index (κ1) is 18.5. The average molecular weight is 330 g/mol. The Morgan fingerprint density at radius 1 is 1.17 bits per heavy atom. The fourth-order valence-corrected chi connectivity index (χ4v) is 3.39. The molecule has 4 nitrogen and oxygen atoms in total. The molecule has 2 rings (SSSR count). The second-order valence-electron chi connectivity index (χ2n) is 6.54. The molecule has 1 heterocycles. The Bertz CT molecular complexity index is 561. The topological polar surface area (TPSA) is 49.4 Å². The van der Waals surface area contributed by atoms with E-state index in [4.69, 9.17) is 0 Å². The van der Waals surface area contributed by atoms with E-state index < -0.39 is 0 Å². The summed E-state index contributed by atoms with van der Waals surface area (Å²) in [7, 11) is 0. The minimum atomic E-state index is -0.228. The summed E-state index contributed by atoms with van der Waals surface area (Å²) >= 11 is 0. The predicted octanol–water partition coefficient (Wildman–Crippen LogP) is 3.47. The summed E-state index contributed by atoms with van der Waals surface area (Å²) in [4.78, 5) is 26.7. The number of hydrogen-bond acceptors (Lipinski definition) is 2. The molecule has 1 fully saturated rings. The first-order chi connectivity index (χ1) is 11.6. The SMILES string of the molecule is CCCCCNC(=O)C1CC(=O)N(c2c(CC)cccc2CC)C1. The molecule has 1 aromatic rings. The largest absolute Gasteiger partial charge is 0.356 e. The van der Waals surface area contributed by atoms with E-state index >= 15 is 0 Å². The monoisotopic (exact) mass is 330 g/mol. The summed E-state index contributed by atoms with van der Waals surface area (Å²) in [6.45, 7) is 7.57. The molecule has 4 heteroatoms. The summed E-state index contributed by atoms with van der Waals surface area (Å²) in [5.74, 6) is -0.137. The molecule has 1 aliphatic rings. The molecule has 1 saturated heterocycles. The lowest BCUT2D eigenvalue weighted by molar-refractivity contribution is -0.126. The number of nitrogens with zero attached hydrogens (tertiary/aromatic N) is 1. The maximum absolute atomic E-state index is 12.5. The summed E-state index contributed by atoms with van der Waals surface area (Å²) in [5.41, 5.74) is 3.41. The lowest BCUT2D eigenvalue weighted by Gasteiger charge is -2.23. The molecule has 0 saturated carbocycles. The van der Waals surface area contributed by atoms with Gasteiger partial charge >= 0.3 is 0 Å². The van der Waals surface area contributed by atoms with E-state index in [0.29, 0.717) is 19.5 Å². The van der Waals surface area contributed by atoms with Gasteiger partial charge in [-0.1, -0.05) is 51.8 Å². The Morgan fingerprint density at radius 3 is 2.42 bits per heavy atom. The fourth-order valence-electron chi connectivity index (χ4n) is 3.39. The second kappa shape index (κ2) is 8.86. The van der Waals surface area contributed by atoms with E-state index in [0.717, 1.165) is 37.8 Å². The van der Waals surface area contributed by atoms with Crippen molar-refractivity contribution in [1.29, 1.82) is 0 Å². The van der Waals surface area contributed by atoms with Gasteiger partial charge in [0, 0.05) is 25.2 Å². The Balaban J connectivity index is 2.09. The molecule has 0 radical (unpaired) electrons. The minimum absolute atomic E-state index is 0.0222. The molecule has 24 heavy (non-hydrogen) atoms. The van der Waals surface area contributed by atoms with Crippen LogP contribution in [0.5, 0.6) is 0 Å². The van der Waals surface area contributed by atoms with Crippen LogP contribution in [0, 0.1) is 5.92 Å². The number of benzene rings is 1. The minimum Gasteiger partial charge on any atom is -0.356 e. The third-order valence-corrected chi connectivity index (χ3v) is 4.81. The summed E-state index contributed by atoms with van der Waals surface area (Å²) < 4.78 is 0. The quantitative estimate of drug-likeness (QED) is 0.742. The molecule has 1 aliphatic heterocycles. The van der Waals surface area contributed by atoms with Gasteiger partial charge in [-0.15, -0.1) is 0 Å². The van der Waals surface area contributed by atoms with E-state index in [1.807, 2.05) is 4.90 Å². The first-order valence-electron chi connectivity index (χ1n) is 9.31. The number of unbranched alkanes of at least 4 members (excludes halogenated alkanes) is 2. The fraction of sp³-hybridized carbons (Fsp3) is 0.600. The normalized spacial score (nSPS) is 17.4. The molecule has 1 N–H and O–H groups in total. The zero-order chi connectivity index (χ0) is 17.5. The number of hydrogen-bond donors (Lipinski definition) is 1. The van der Waals surface area contributed by atoms with Crippen LogP contribution < -0.4 is 10.2 Å². The highest BCUT2D eigenvalue weighted by atomic mass is 16.2. The van der Waals surface area contributed by atoms with E-state index in [2.05, 4.69) is 44.3 Å². The highest BCUT2D eigenvalue weighted by molar-refractivity contribution is 6.01. The Labute approximate surface area is 145 Å². The molecule has 0 aliphatic carbocycles. The van der Waals surface area contributed by atoms with Crippen molar-refractivity contribution >= 4 is 17.5 Å². The summed E-state index contributed by atoms with van der Waals surface area (Å²) in [6.07, 6.45) is 5.37. The number of aryl methyl sites for hydroxylation is 2. The summed E-state index contributed by atoms with van der Waals surface area (Å²) in [5, 5.41) is 2.99. The predicted molar refractivity (Wildman–Crippen MR) is 98.2 cm³/mol. The van der Waals surface area contributed by atoms with Gasteiger partial charge in [-0.2, -0.15) is 0 Å². The van der Waals surface area contributed by atoms with Gasteiger partial charge in [0.15, 0.2) is 0 Å². The number of para-hydroxylation sites is 1. The molecule has 1 aromatic carbocycles. The van der Waals surface area contributed by atoms with E-state index in [-0.39, 0.29) is 17.7 Å². The molecule has 0 spiro atoms. The Kier molecular flexibility index (Phi) is 6.83. The lowest BCUT2D eigenvalue weighted by Crippen LogP contribution is -2.34. The highest BCUT2D eigenvalue weighted by Crippen LogP contribution is 2.32. The smallest absolute Gasteiger partial charge is 0.227 e. The molecule has 0 aromatic heterocycles. The van der Waals surface area contributed by atoms with Crippen molar-refractivity contribution in [3.8, 4) is 0 Å². The summed E-state index contributed by atoms with van der Waals surface area (Å²) in [6, 6.07) is 6.22. The highest BCUT2D eigenvalue weighted by Gasteiger charge is 2.36. The molecule has 1 atom stereocenters. The molecule has 1 unspecified atom stereocenters. The van der Waals surface area contributed by atoms with Crippen molar-refractivity contribution < 1.29 is 9.59 Å². The van der Waals surface area contributed by atoms with Crippen LogP contribution in [-0.4, -0.2) is 24.9 Å². The maximum Gasteiger partial charge on any atom is 0.227 e. The Hall–Kier alpha value is -1.84. The number of anilines is 1. The van der Waals surface area contributed by atoms with Crippen LogP contribution in [0.25, 0.3) is 0 Å². The van der Waals surface area contributed by atoms with Crippen LogP contribution in [0.4, 0.5) is 5.69 Å². The molecular formula is C20H30N2O2. The van der Waals surface area contributed by atoms with Crippen LogP contribution in [0.2, 0.25) is 0 Å². The van der Waals surface area contributed by atoms with Gasteiger partial charge in [0.1, 0.15) is 0 Å². The number of amides is 2. The van der Waals surface area contributed by atoms with E-state index in [9.17, 15) is 9.59 Å². The van der Waals surface area contributed by atoms with Crippen molar-refractivity contribution in [2.24, 2.45) is 5.92 Å². The maximum atomic E-state index is 12.5. The van der Waals surface area contributed by atoms with Crippen LogP contribution in [-0.2, 0) is 22.4 Å². The van der Waals surface area contributed by atoms with E-state index in [1.54, 1.807) is 0 Å². The van der Waals surface area contributed by atoms with Crippen molar-refractivity contribution in [1.82, 2.24) is 5.32 Å². The zero-order valence-corrected chi connectivity index (χ0v) is 15.2. The zero-order valence-electron chi connectivity index (χ0n) is 15.2. The van der Waals surface area contributed by atoms with Gasteiger partial charge in [-0.25, -0.2) is 0 Å². The van der Waals surface area contributed by atoms with E-state index in [1.165, 1.54) is 11.1 Å². The van der Waals surface area contributed by atoms with Crippen molar-refractivity contribution in [2.45, 2.75) is 59.3 Å². The number of carbonyl (C=O) groups excluding carboxylic acids is 2. The average Bonchev–Trinajstić information content (AvgIpc) is 2.99. The Morgan fingerprint density at radius 2 is 1.83 bits per heavy atom. The second-order valence-corrected chi connectivity index (χ2v) is 6.54.